The number of hydrogen-bond donors (Lipinski definition) is 3. The lowest BCUT2D eigenvalue weighted by atomic mass is 10.2. The van der Waals surface area contributed by atoms with E-state index in [2.05, 4.69) is 26.1 Å². The smallest absolute Gasteiger partial charge is 0.320 e. The van der Waals surface area contributed by atoms with Crippen molar-refractivity contribution in [1.82, 2.24) is 15.5 Å². The van der Waals surface area contributed by atoms with E-state index >= 15 is 0 Å². The summed E-state index contributed by atoms with van der Waals surface area (Å²) in [4.78, 5) is 11.6. The van der Waals surface area contributed by atoms with E-state index in [-0.39, 0.29) is 6.03 Å². The van der Waals surface area contributed by atoms with Crippen LogP contribution in [0.4, 0.5) is 16.4 Å². The van der Waals surface area contributed by atoms with Crippen LogP contribution in [0.1, 0.15) is 18.4 Å². The number of nitrogens with zero attached hydrogens (tertiary/aromatic N) is 2. The fraction of sp³-hybridized carbons (Fsp3) is 0.267. The highest BCUT2D eigenvalue weighted by Crippen LogP contribution is 2.18. The summed E-state index contributed by atoms with van der Waals surface area (Å²) in [5.74, 6) is 1.07. The topological polar surface area (TPSA) is 78.9 Å². The van der Waals surface area contributed by atoms with Crippen LogP contribution in [0.5, 0.6) is 0 Å². The maximum absolute atomic E-state index is 11.6. The molecule has 2 aromatic rings. The van der Waals surface area contributed by atoms with Crippen molar-refractivity contribution in [2.45, 2.75) is 25.4 Å². The predicted octanol–water partition coefficient (Wildman–Crippen LogP) is 3.03. The number of hydrogen-bond acceptors (Lipinski definition) is 4. The highest BCUT2D eigenvalue weighted by Gasteiger charge is 2.23. The fourth-order valence-electron chi connectivity index (χ4n) is 1.85. The second kappa shape index (κ2) is 6.62. The molecule has 0 unspecified atom stereocenters. The molecular formula is C15H16ClN5O. The first-order valence-corrected chi connectivity index (χ1v) is 7.46. The Bertz CT molecular complexity index is 640. The molecule has 0 aliphatic heterocycles. The Hall–Kier alpha value is -2.34. The van der Waals surface area contributed by atoms with E-state index < -0.39 is 0 Å². The number of nitrogens with one attached hydrogen (secondary N) is 3. The largest absolute Gasteiger partial charge is 0.365 e. The quantitative estimate of drug-likeness (QED) is 0.792. The predicted molar refractivity (Wildman–Crippen MR) is 86.0 cm³/mol. The van der Waals surface area contributed by atoms with E-state index in [1.54, 1.807) is 12.1 Å². The average molecular weight is 318 g/mol. The van der Waals surface area contributed by atoms with Gasteiger partial charge in [-0.3, -0.25) is 5.32 Å². The number of halogens is 1. The van der Waals surface area contributed by atoms with E-state index in [1.807, 2.05) is 24.3 Å². The number of carbonyl (C=O) groups excluding carboxylic acids is 1. The lowest BCUT2D eigenvalue weighted by Crippen LogP contribution is -2.30. The van der Waals surface area contributed by atoms with Crippen LogP contribution in [0.2, 0.25) is 5.02 Å². The number of rotatable bonds is 5. The third kappa shape index (κ3) is 4.33. The normalized spacial score (nSPS) is 13.5. The SMILES string of the molecule is O=C(Nc1ccc(NCc2ccc(Cl)cc2)nn1)NC1CC1. The zero-order valence-electron chi connectivity index (χ0n) is 11.8. The monoisotopic (exact) mass is 317 g/mol. The van der Waals surface area contributed by atoms with Gasteiger partial charge in [-0.15, -0.1) is 10.2 Å². The first-order chi connectivity index (χ1) is 10.7. The van der Waals surface area contributed by atoms with Gasteiger partial charge in [0.05, 0.1) is 0 Å². The third-order valence-electron chi connectivity index (χ3n) is 3.21. The number of carbonyl (C=O) groups is 1. The summed E-state index contributed by atoms with van der Waals surface area (Å²) in [5, 5.41) is 17.3. The first kappa shape index (κ1) is 14.6. The molecule has 1 aliphatic rings. The number of urea groups is 1. The molecule has 3 rings (SSSR count). The van der Waals surface area contributed by atoms with Crippen molar-refractivity contribution in [2.24, 2.45) is 0 Å². The maximum atomic E-state index is 11.6. The molecule has 1 saturated carbocycles. The summed E-state index contributed by atoms with van der Waals surface area (Å²) in [7, 11) is 0. The van der Waals surface area contributed by atoms with E-state index in [9.17, 15) is 4.79 Å². The standard InChI is InChI=1S/C15H16ClN5O/c16-11-3-1-10(2-4-11)9-17-13-7-8-14(21-20-13)19-15(22)18-12-5-6-12/h1-4,7-8,12H,5-6,9H2,(H,17,20)(H2,18,19,21,22). The maximum Gasteiger partial charge on any atom is 0.320 e. The van der Waals surface area contributed by atoms with Crippen molar-refractivity contribution < 1.29 is 4.79 Å². The minimum absolute atomic E-state index is 0.237. The summed E-state index contributed by atoms with van der Waals surface area (Å²) in [6.07, 6.45) is 2.10. The number of amides is 2. The molecule has 114 valence electrons. The van der Waals surface area contributed by atoms with Crippen molar-refractivity contribution in [2.75, 3.05) is 10.6 Å². The molecule has 1 aromatic heterocycles. The van der Waals surface area contributed by atoms with E-state index in [4.69, 9.17) is 11.6 Å². The van der Waals surface area contributed by atoms with Gasteiger partial charge < -0.3 is 10.6 Å². The molecule has 3 N–H and O–H groups in total. The van der Waals surface area contributed by atoms with Crippen LogP contribution in [0, 0.1) is 0 Å². The molecule has 6 nitrogen and oxygen atoms in total. The summed E-state index contributed by atoms with van der Waals surface area (Å²) in [6, 6.07) is 11.1. The van der Waals surface area contributed by atoms with Gasteiger partial charge >= 0.3 is 6.03 Å². The van der Waals surface area contributed by atoms with Crippen LogP contribution in [0.15, 0.2) is 36.4 Å². The zero-order valence-corrected chi connectivity index (χ0v) is 12.6. The second-order valence-corrected chi connectivity index (χ2v) is 5.59. The highest BCUT2D eigenvalue weighted by atomic mass is 35.5. The van der Waals surface area contributed by atoms with Crippen molar-refractivity contribution in [1.29, 1.82) is 0 Å². The molecule has 0 spiro atoms. The van der Waals surface area contributed by atoms with Gasteiger partial charge in [0.15, 0.2) is 5.82 Å². The summed E-state index contributed by atoms with van der Waals surface area (Å²) < 4.78 is 0. The molecule has 2 amide bonds. The second-order valence-electron chi connectivity index (χ2n) is 5.16. The summed E-state index contributed by atoms with van der Waals surface area (Å²) in [6.45, 7) is 0.626. The van der Waals surface area contributed by atoms with Crippen molar-refractivity contribution in [3.8, 4) is 0 Å². The number of aromatic nitrogens is 2. The van der Waals surface area contributed by atoms with Gasteiger partial charge in [0.1, 0.15) is 5.82 Å². The van der Waals surface area contributed by atoms with Crippen molar-refractivity contribution in [3.05, 3.63) is 47.0 Å². The van der Waals surface area contributed by atoms with Crippen molar-refractivity contribution in [3.63, 3.8) is 0 Å². The first-order valence-electron chi connectivity index (χ1n) is 7.08. The molecule has 0 bridgehead atoms. The molecule has 0 atom stereocenters. The van der Waals surface area contributed by atoms with Gasteiger partial charge in [-0.2, -0.15) is 0 Å². The Kier molecular flexibility index (Phi) is 4.39. The lowest BCUT2D eigenvalue weighted by molar-refractivity contribution is 0.251. The molecule has 1 aliphatic carbocycles. The van der Waals surface area contributed by atoms with Gasteiger partial charge in [-0.25, -0.2) is 4.79 Å². The molecule has 22 heavy (non-hydrogen) atoms. The average Bonchev–Trinajstić information content (AvgIpc) is 3.32. The van der Waals surface area contributed by atoms with Crippen molar-refractivity contribution >= 4 is 29.3 Å². The molecule has 1 aromatic carbocycles. The van der Waals surface area contributed by atoms with Crippen LogP contribution in [0.3, 0.4) is 0 Å². The van der Waals surface area contributed by atoms with Gasteiger partial charge in [-0.05, 0) is 42.7 Å². The van der Waals surface area contributed by atoms with Crippen LogP contribution in [-0.2, 0) is 6.54 Å². The fourth-order valence-corrected chi connectivity index (χ4v) is 1.98. The number of benzene rings is 1. The number of anilines is 2. The lowest BCUT2D eigenvalue weighted by Gasteiger charge is -2.07. The summed E-state index contributed by atoms with van der Waals surface area (Å²) >= 11 is 5.84. The van der Waals surface area contributed by atoms with Gasteiger partial charge in [0.2, 0.25) is 0 Å². The van der Waals surface area contributed by atoms with Gasteiger partial charge in [-0.1, -0.05) is 23.7 Å². The van der Waals surface area contributed by atoms with Gasteiger partial charge in [0.25, 0.3) is 0 Å². The molecular weight excluding hydrogens is 302 g/mol. The third-order valence-corrected chi connectivity index (χ3v) is 3.46. The van der Waals surface area contributed by atoms with Crippen LogP contribution in [0.25, 0.3) is 0 Å². The Labute approximate surface area is 133 Å². The molecule has 0 saturated heterocycles. The van der Waals surface area contributed by atoms with E-state index in [0.717, 1.165) is 18.4 Å². The molecule has 7 heteroatoms. The minimum atomic E-state index is -0.237. The van der Waals surface area contributed by atoms with Crippen LogP contribution < -0.4 is 16.0 Å². The Morgan fingerprint density at radius 3 is 2.41 bits per heavy atom. The van der Waals surface area contributed by atoms with Crippen LogP contribution in [-0.4, -0.2) is 22.3 Å². The Morgan fingerprint density at radius 1 is 1.09 bits per heavy atom. The minimum Gasteiger partial charge on any atom is -0.365 e. The Morgan fingerprint density at radius 2 is 1.77 bits per heavy atom. The summed E-state index contributed by atoms with van der Waals surface area (Å²) in [5.41, 5.74) is 1.09. The van der Waals surface area contributed by atoms with E-state index in [1.165, 1.54) is 0 Å². The highest BCUT2D eigenvalue weighted by molar-refractivity contribution is 6.30. The van der Waals surface area contributed by atoms with Crippen LogP contribution >= 0.6 is 11.6 Å². The Balaban J connectivity index is 1.50. The zero-order chi connectivity index (χ0) is 15.4. The van der Waals surface area contributed by atoms with E-state index in [0.29, 0.717) is 29.2 Å². The molecule has 1 heterocycles. The molecule has 0 radical (unpaired) electrons. The van der Waals surface area contributed by atoms with Gasteiger partial charge in [0, 0.05) is 17.6 Å². The molecule has 1 fully saturated rings.